The molecule has 0 aliphatic rings. The van der Waals surface area contributed by atoms with Crippen LogP contribution in [0.5, 0.6) is 0 Å². The normalized spacial score (nSPS) is 12.8. The molecule has 1 unspecified atom stereocenters. The van der Waals surface area contributed by atoms with E-state index in [2.05, 4.69) is 5.43 Å². The van der Waals surface area contributed by atoms with E-state index >= 15 is 0 Å². The molecule has 4 heteroatoms. The van der Waals surface area contributed by atoms with Crippen LogP contribution >= 0.6 is 0 Å². The summed E-state index contributed by atoms with van der Waals surface area (Å²) >= 11 is 0. The van der Waals surface area contributed by atoms with Crippen LogP contribution in [0.2, 0.25) is 0 Å². The molecule has 3 N–H and O–H groups in total. The summed E-state index contributed by atoms with van der Waals surface area (Å²) in [7, 11) is 0. The van der Waals surface area contributed by atoms with E-state index in [1.165, 1.54) is 12.1 Å². The van der Waals surface area contributed by atoms with Crippen molar-refractivity contribution in [2.75, 3.05) is 13.2 Å². The molecular formula is C12H19FN2O. The van der Waals surface area contributed by atoms with E-state index < -0.39 is 0 Å². The van der Waals surface area contributed by atoms with Gasteiger partial charge >= 0.3 is 0 Å². The lowest BCUT2D eigenvalue weighted by molar-refractivity contribution is 0.123. The fourth-order valence-corrected chi connectivity index (χ4v) is 1.58. The SMILES string of the molecule is CCOCC(Cc1ccc(F)cc1C)NN. The van der Waals surface area contributed by atoms with Crippen molar-refractivity contribution < 1.29 is 9.13 Å². The zero-order valence-electron chi connectivity index (χ0n) is 9.79. The molecule has 16 heavy (non-hydrogen) atoms. The number of halogens is 1. The van der Waals surface area contributed by atoms with Gasteiger partial charge in [0.2, 0.25) is 0 Å². The van der Waals surface area contributed by atoms with Crippen LogP contribution in [0.4, 0.5) is 4.39 Å². The Bertz CT molecular complexity index is 331. The summed E-state index contributed by atoms with van der Waals surface area (Å²) in [4.78, 5) is 0. The molecule has 0 fully saturated rings. The van der Waals surface area contributed by atoms with Crippen molar-refractivity contribution >= 4 is 0 Å². The van der Waals surface area contributed by atoms with Crippen molar-refractivity contribution in [1.82, 2.24) is 5.43 Å². The van der Waals surface area contributed by atoms with Crippen LogP contribution in [0.15, 0.2) is 18.2 Å². The number of rotatable bonds is 6. The molecule has 0 amide bonds. The van der Waals surface area contributed by atoms with E-state index in [0.29, 0.717) is 13.2 Å². The van der Waals surface area contributed by atoms with Crippen molar-refractivity contribution in [3.05, 3.63) is 35.1 Å². The summed E-state index contributed by atoms with van der Waals surface area (Å²) in [6.45, 7) is 5.06. The lowest BCUT2D eigenvalue weighted by Gasteiger charge is -2.16. The third-order valence-electron chi connectivity index (χ3n) is 2.53. The Morgan fingerprint density at radius 2 is 2.25 bits per heavy atom. The molecule has 90 valence electrons. The van der Waals surface area contributed by atoms with Gasteiger partial charge in [-0.3, -0.25) is 11.3 Å². The fraction of sp³-hybridized carbons (Fsp3) is 0.500. The maximum Gasteiger partial charge on any atom is 0.123 e. The smallest absolute Gasteiger partial charge is 0.123 e. The van der Waals surface area contributed by atoms with Crippen LogP contribution in [0, 0.1) is 12.7 Å². The third kappa shape index (κ3) is 3.89. The molecule has 1 aromatic rings. The van der Waals surface area contributed by atoms with Gasteiger partial charge in [0.05, 0.1) is 6.61 Å². The first-order chi connectivity index (χ1) is 7.67. The molecule has 0 aliphatic carbocycles. The minimum atomic E-state index is -0.205. The number of benzene rings is 1. The number of aryl methyl sites for hydroxylation is 1. The zero-order chi connectivity index (χ0) is 12.0. The standard InChI is InChI=1S/C12H19FN2O/c1-3-16-8-12(15-14)7-10-4-5-11(13)6-9(10)2/h4-6,12,15H,3,7-8,14H2,1-2H3. The lowest BCUT2D eigenvalue weighted by atomic mass is 10.0. The van der Waals surface area contributed by atoms with Gasteiger partial charge in [-0.2, -0.15) is 0 Å². The van der Waals surface area contributed by atoms with Gasteiger partial charge in [0, 0.05) is 12.6 Å². The molecule has 0 bridgehead atoms. The highest BCUT2D eigenvalue weighted by Gasteiger charge is 2.09. The lowest BCUT2D eigenvalue weighted by Crippen LogP contribution is -2.40. The molecule has 0 radical (unpaired) electrons. The van der Waals surface area contributed by atoms with E-state index in [-0.39, 0.29) is 11.9 Å². The Balaban J connectivity index is 2.62. The highest BCUT2D eigenvalue weighted by atomic mass is 19.1. The Kier molecular flexibility index (Phi) is 5.38. The van der Waals surface area contributed by atoms with Gasteiger partial charge in [0.1, 0.15) is 5.82 Å². The van der Waals surface area contributed by atoms with E-state index in [1.807, 2.05) is 13.8 Å². The van der Waals surface area contributed by atoms with Crippen LogP contribution in [0.25, 0.3) is 0 Å². The average molecular weight is 226 g/mol. The van der Waals surface area contributed by atoms with Gasteiger partial charge in [-0.1, -0.05) is 6.07 Å². The summed E-state index contributed by atoms with van der Waals surface area (Å²) < 4.78 is 18.2. The molecule has 1 atom stereocenters. The molecule has 0 aromatic heterocycles. The molecule has 0 saturated heterocycles. The maximum atomic E-state index is 12.9. The molecule has 0 saturated carbocycles. The summed E-state index contributed by atoms with van der Waals surface area (Å²) in [6, 6.07) is 4.85. The first-order valence-corrected chi connectivity index (χ1v) is 5.46. The first-order valence-electron chi connectivity index (χ1n) is 5.46. The Hall–Kier alpha value is -0.970. The molecular weight excluding hydrogens is 207 g/mol. The Morgan fingerprint density at radius 3 is 2.81 bits per heavy atom. The van der Waals surface area contributed by atoms with E-state index in [4.69, 9.17) is 10.6 Å². The minimum Gasteiger partial charge on any atom is -0.380 e. The summed E-state index contributed by atoms with van der Waals surface area (Å²) in [5.74, 6) is 5.23. The number of hydrazine groups is 1. The minimum absolute atomic E-state index is 0.0594. The van der Waals surface area contributed by atoms with E-state index in [0.717, 1.165) is 17.5 Å². The number of hydrogen-bond donors (Lipinski definition) is 2. The molecule has 3 nitrogen and oxygen atoms in total. The van der Waals surface area contributed by atoms with Crippen molar-refractivity contribution in [1.29, 1.82) is 0 Å². The summed E-state index contributed by atoms with van der Waals surface area (Å²) in [6.07, 6.45) is 0.739. The maximum absolute atomic E-state index is 12.9. The topological polar surface area (TPSA) is 47.3 Å². The van der Waals surface area contributed by atoms with Crippen LogP contribution < -0.4 is 11.3 Å². The average Bonchev–Trinajstić information content (AvgIpc) is 2.27. The van der Waals surface area contributed by atoms with E-state index in [1.54, 1.807) is 6.07 Å². The second-order valence-corrected chi connectivity index (χ2v) is 3.80. The van der Waals surface area contributed by atoms with Crippen LogP contribution in [-0.2, 0) is 11.2 Å². The van der Waals surface area contributed by atoms with Crippen molar-refractivity contribution in [3.63, 3.8) is 0 Å². The molecule has 0 spiro atoms. The van der Waals surface area contributed by atoms with Gasteiger partial charge in [-0.05, 0) is 43.5 Å². The second-order valence-electron chi connectivity index (χ2n) is 3.80. The fourth-order valence-electron chi connectivity index (χ4n) is 1.58. The monoisotopic (exact) mass is 226 g/mol. The van der Waals surface area contributed by atoms with E-state index in [9.17, 15) is 4.39 Å². The quantitative estimate of drug-likeness (QED) is 0.571. The highest BCUT2D eigenvalue weighted by Crippen LogP contribution is 2.12. The van der Waals surface area contributed by atoms with Crippen molar-refractivity contribution in [2.24, 2.45) is 5.84 Å². The van der Waals surface area contributed by atoms with Gasteiger partial charge in [0.15, 0.2) is 0 Å². The second kappa shape index (κ2) is 6.58. The number of nitrogens with one attached hydrogen (secondary N) is 1. The van der Waals surface area contributed by atoms with Crippen molar-refractivity contribution in [2.45, 2.75) is 26.3 Å². The molecule has 0 heterocycles. The number of ether oxygens (including phenoxy) is 1. The number of nitrogens with two attached hydrogens (primary N) is 1. The van der Waals surface area contributed by atoms with Gasteiger partial charge in [0.25, 0.3) is 0 Å². The Labute approximate surface area is 95.8 Å². The molecule has 0 aliphatic heterocycles. The largest absolute Gasteiger partial charge is 0.380 e. The zero-order valence-corrected chi connectivity index (χ0v) is 9.79. The van der Waals surface area contributed by atoms with Crippen LogP contribution in [-0.4, -0.2) is 19.3 Å². The Morgan fingerprint density at radius 1 is 1.50 bits per heavy atom. The van der Waals surface area contributed by atoms with Gasteiger partial charge in [-0.15, -0.1) is 0 Å². The summed E-state index contributed by atoms with van der Waals surface area (Å²) in [5, 5.41) is 0. The summed E-state index contributed by atoms with van der Waals surface area (Å²) in [5.41, 5.74) is 4.74. The molecule has 1 aromatic carbocycles. The predicted molar refractivity (Wildman–Crippen MR) is 62.4 cm³/mol. The first kappa shape index (κ1) is 13.1. The van der Waals surface area contributed by atoms with Crippen molar-refractivity contribution in [3.8, 4) is 0 Å². The predicted octanol–water partition coefficient (Wildman–Crippen LogP) is 1.55. The van der Waals surface area contributed by atoms with Gasteiger partial charge in [-0.25, -0.2) is 4.39 Å². The van der Waals surface area contributed by atoms with Crippen LogP contribution in [0.3, 0.4) is 0 Å². The molecule has 1 rings (SSSR count). The number of hydrogen-bond acceptors (Lipinski definition) is 3. The third-order valence-corrected chi connectivity index (χ3v) is 2.53. The van der Waals surface area contributed by atoms with Crippen LogP contribution in [0.1, 0.15) is 18.1 Å². The van der Waals surface area contributed by atoms with Gasteiger partial charge < -0.3 is 4.74 Å². The highest BCUT2D eigenvalue weighted by molar-refractivity contribution is 5.27.